The highest BCUT2D eigenvalue weighted by Gasteiger charge is 2.25. The number of likely N-dealkylation sites (tertiary alicyclic amines) is 1. The molecular weight excluding hydrogens is 272 g/mol. The number of nitrogens with one attached hydrogen (secondary N) is 1. The molecule has 0 bridgehead atoms. The Kier molecular flexibility index (Phi) is 5.44. The lowest BCUT2D eigenvalue weighted by Crippen LogP contribution is -2.36. The lowest BCUT2D eigenvalue weighted by atomic mass is 10.0. The number of carbonyl (C=O) groups is 1. The summed E-state index contributed by atoms with van der Waals surface area (Å²) in [6.07, 6.45) is 1.65. The molecule has 0 aromatic heterocycles. The van der Waals surface area contributed by atoms with Crippen LogP contribution in [0.25, 0.3) is 0 Å². The molecule has 1 aromatic carbocycles. The smallest absolute Gasteiger partial charge is 0.222 e. The number of hydrogen-bond donors (Lipinski definition) is 1. The van der Waals surface area contributed by atoms with E-state index in [9.17, 15) is 4.79 Å². The van der Waals surface area contributed by atoms with Gasteiger partial charge in [0.15, 0.2) is 0 Å². The highest BCUT2D eigenvalue weighted by molar-refractivity contribution is 6.30. The fourth-order valence-corrected chi connectivity index (χ4v) is 2.85. The van der Waals surface area contributed by atoms with E-state index in [-0.39, 0.29) is 5.91 Å². The Morgan fingerprint density at radius 3 is 3.05 bits per heavy atom. The minimum atomic E-state index is 0.261. The molecule has 1 aliphatic heterocycles. The Balaban J connectivity index is 1.80. The number of amides is 1. The van der Waals surface area contributed by atoms with Crippen molar-refractivity contribution < 1.29 is 4.79 Å². The molecule has 2 atom stereocenters. The van der Waals surface area contributed by atoms with E-state index in [1.807, 2.05) is 30.0 Å². The molecule has 1 aliphatic rings. The zero-order chi connectivity index (χ0) is 14.5. The molecule has 2 rings (SSSR count). The van der Waals surface area contributed by atoms with Gasteiger partial charge in [-0.3, -0.25) is 4.79 Å². The molecule has 1 aromatic rings. The van der Waals surface area contributed by atoms with Gasteiger partial charge in [-0.05, 0) is 30.0 Å². The van der Waals surface area contributed by atoms with E-state index in [2.05, 4.69) is 18.3 Å². The lowest BCUT2D eigenvalue weighted by Gasteiger charge is -2.19. The highest BCUT2D eigenvalue weighted by Crippen LogP contribution is 2.19. The maximum atomic E-state index is 11.6. The first-order valence-corrected chi connectivity index (χ1v) is 7.74. The fraction of sp³-hybridized carbons (Fsp3) is 0.562. The number of nitrogens with zero attached hydrogens (tertiary/aromatic N) is 1. The van der Waals surface area contributed by atoms with E-state index < -0.39 is 0 Å². The van der Waals surface area contributed by atoms with Crippen LogP contribution in [0.2, 0.25) is 5.02 Å². The third-order valence-electron chi connectivity index (χ3n) is 3.97. The molecule has 0 spiro atoms. The van der Waals surface area contributed by atoms with Gasteiger partial charge in [-0.15, -0.1) is 0 Å². The Morgan fingerprint density at radius 2 is 2.35 bits per heavy atom. The zero-order valence-corrected chi connectivity index (χ0v) is 13.0. The number of benzene rings is 1. The van der Waals surface area contributed by atoms with E-state index >= 15 is 0 Å². The Bertz CT molecular complexity index is 464. The van der Waals surface area contributed by atoms with Crippen LogP contribution in [0.4, 0.5) is 0 Å². The Hall–Kier alpha value is -1.06. The average molecular weight is 295 g/mol. The third-order valence-corrected chi connectivity index (χ3v) is 4.21. The van der Waals surface area contributed by atoms with Crippen molar-refractivity contribution in [2.24, 2.45) is 0 Å². The maximum absolute atomic E-state index is 11.6. The fourth-order valence-electron chi connectivity index (χ4n) is 2.65. The van der Waals surface area contributed by atoms with E-state index in [0.717, 1.165) is 31.1 Å². The van der Waals surface area contributed by atoms with Crippen molar-refractivity contribution in [3.8, 4) is 0 Å². The average Bonchev–Trinajstić information content (AvgIpc) is 2.92. The molecule has 1 fully saturated rings. The van der Waals surface area contributed by atoms with E-state index in [1.165, 1.54) is 5.56 Å². The molecule has 0 aliphatic carbocycles. The molecule has 0 radical (unpaired) electrons. The second kappa shape index (κ2) is 7.09. The molecule has 20 heavy (non-hydrogen) atoms. The summed E-state index contributed by atoms with van der Waals surface area (Å²) >= 11 is 6.02. The minimum Gasteiger partial charge on any atom is -0.341 e. The summed E-state index contributed by atoms with van der Waals surface area (Å²) in [4.78, 5) is 13.6. The molecule has 1 saturated heterocycles. The van der Waals surface area contributed by atoms with Crippen LogP contribution < -0.4 is 5.32 Å². The molecule has 110 valence electrons. The minimum absolute atomic E-state index is 0.261. The van der Waals surface area contributed by atoms with E-state index in [0.29, 0.717) is 18.4 Å². The second-order valence-electron chi connectivity index (χ2n) is 5.54. The quantitative estimate of drug-likeness (QED) is 0.905. The number of carbonyl (C=O) groups excluding carboxylic acids is 1. The first-order valence-electron chi connectivity index (χ1n) is 7.36. The summed E-state index contributed by atoms with van der Waals surface area (Å²) < 4.78 is 0. The van der Waals surface area contributed by atoms with Crippen molar-refractivity contribution >= 4 is 17.5 Å². The first kappa shape index (κ1) is 15.3. The monoisotopic (exact) mass is 294 g/mol. The van der Waals surface area contributed by atoms with Crippen LogP contribution in [0, 0.1) is 0 Å². The summed E-state index contributed by atoms with van der Waals surface area (Å²) in [6.45, 7) is 6.76. The van der Waals surface area contributed by atoms with Gasteiger partial charge >= 0.3 is 0 Å². The van der Waals surface area contributed by atoms with Gasteiger partial charge in [-0.25, -0.2) is 0 Å². The predicted molar refractivity (Wildman–Crippen MR) is 83.1 cm³/mol. The van der Waals surface area contributed by atoms with Gasteiger partial charge < -0.3 is 10.2 Å². The van der Waals surface area contributed by atoms with Gasteiger partial charge in [0.2, 0.25) is 5.91 Å². The third kappa shape index (κ3) is 3.97. The molecule has 1 heterocycles. The molecular formula is C16H23ClN2O. The van der Waals surface area contributed by atoms with Crippen LogP contribution in [-0.4, -0.2) is 36.5 Å². The first-order chi connectivity index (χ1) is 9.60. The summed E-state index contributed by atoms with van der Waals surface area (Å²) in [5, 5.41) is 4.36. The maximum Gasteiger partial charge on any atom is 0.222 e. The van der Waals surface area contributed by atoms with Crippen molar-refractivity contribution in [3.63, 3.8) is 0 Å². The number of rotatable bonds is 5. The number of halogens is 1. The molecule has 1 amide bonds. The van der Waals surface area contributed by atoms with Crippen LogP contribution in [0.15, 0.2) is 24.3 Å². The summed E-state index contributed by atoms with van der Waals surface area (Å²) in [5.41, 5.74) is 1.25. The number of hydrogen-bond acceptors (Lipinski definition) is 2. The van der Waals surface area contributed by atoms with Gasteiger partial charge in [0.25, 0.3) is 0 Å². The van der Waals surface area contributed by atoms with E-state index in [4.69, 9.17) is 11.6 Å². The molecule has 0 unspecified atom stereocenters. The van der Waals surface area contributed by atoms with E-state index in [1.54, 1.807) is 0 Å². The predicted octanol–water partition coefficient (Wildman–Crippen LogP) is 3.04. The van der Waals surface area contributed by atoms with Crippen molar-refractivity contribution in [2.45, 2.75) is 38.6 Å². The lowest BCUT2D eigenvalue weighted by molar-refractivity contribution is -0.129. The van der Waals surface area contributed by atoms with Gasteiger partial charge in [0.05, 0.1) is 0 Å². The SMILES string of the molecule is CCC(=O)N1CC[C@H](NC[C@@H](C)c2cccc(Cl)c2)C1. The standard InChI is InChI=1S/C16H23ClN2O/c1-3-16(20)19-8-7-15(11-19)18-10-12(2)13-5-4-6-14(17)9-13/h4-6,9,12,15,18H,3,7-8,10-11H2,1-2H3/t12-,15+/m1/s1. The van der Waals surface area contributed by atoms with Crippen LogP contribution in [0.5, 0.6) is 0 Å². The summed E-state index contributed by atoms with van der Waals surface area (Å²) in [7, 11) is 0. The largest absolute Gasteiger partial charge is 0.341 e. The van der Waals surface area contributed by atoms with Gasteiger partial charge in [0, 0.05) is 37.1 Å². The van der Waals surface area contributed by atoms with Crippen molar-refractivity contribution in [3.05, 3.63) is 34.9 Å². The van der Waals surface area contributed by atoms with Gasteiger partial charge in [0.1, 0.15) is 0 Å². The normalized spacial score (nSPS) is 20.1. The highest BCUT2D eigenvalue weighted by atomic mass is 35.5. The molecule has 4 heteroatoms. The molecule has 3 nitrogen and oxygen atoms in total. The topological polar surface area (TPSA) is 32.3 Å². The summed E-state index contributed by atoms with van der Waals surface area (Å²) in [6, 6.07) is 8.45. The Morgan fingerprint density at radius 1 is 1.55 bits per heavy atom. The van der Waals surface area contributed by atoms with Gasteiger partial charge in [-0.1, -0.05) is 37.6 Å². The van der Waals surface area contributed by atoms with Crippen molar-refractivity contribution in [2.75, 3.05) is 19.6 Å². The summed E-state index contributed by atoms with van der Waals surface area (Å²) in [5.74, 6) is 0.682. The van der Waals surface area contributed by atoms with Crippen LogP contribution in [0.1, 0.15) is 38.2 Å². The van der Waals surface area contributed by atoms with Crippen molar-refractivity contribution in [1.82, 2.24) is 10.2 Å². The van der Waals surface area contributed by atoms with Crippen LogP contribution in [-0.2, 0) is 4.79 Å². The zero-order valence-electron chi connectivity index (χ0n) is 12.2. The molecule has 1 N–H and O–H groups in total. The molecule has 0 saturated carbocycles. The van der Waals surface area contributed by atoms with Crippen LogP contribution >= 0.6 is 11.6 Å². The van der Waals surface area contributed by atoms with Crippen molar-refractivity contribution in [1.29, 1.82) is 0 Å². The van der Waals surface area contributed by atoms with Gasteiger partial charge in [-0.2, -0.15) is 0 Å². The van der Waals surface area contributed by atoms with Crippen LogP contribution in [0.3, 0.4) is 0 Å². The second-order valence-corrected chi connectivity index (χ2v) is 5.98. The Labute approximate surface area is 126 Å².